The number of hydrogen-bond donors (Lipinski definition) is 1. The number of hydrogen-bond acceptors (Lipinski definition) is 6. The molecule has 0 aliphatic heterocycles. The molecule has 3 rings (SSSR count). The fourth-order valence-corrected chi connectivity index (χ4v) is 6.13. The molecule has 1 aromatic carbocycles. The van der Waals surface area contributed by atoms with E-state index in [0.29, 0.717) is 12.8 Å². The van der Waals surface area contributed by atoms with Crippen molar-refractivity contribution in [2.45, 2.75) is 70.1 Å². The second-order valence-corrected chi connectivity index (χ2v) is 12.1. The van der Waals surface area contributed by atoms with Crippen LogP contribution in [0.3, 0.4) is 0 Å². The highest BCUT2D eigenvalue weighted by atomic mass is 32.2. The zero-order valence-corrected chi connectivity index (χ0v) is 20.8. The van der Waals surface area contributed by atoms with Gasteiger partial charge in [0.15, 0.2) is 21.4 Å². The Hall–Kier alpha value is -2.14. The number of ketones is 3. The molecule has 0 heterocycles. The zero-order chi connectivity index (χ0) is 26.7. The first kappa shape index (κ1) is 28.4. The van der Waals surface area contributed by atoms with Crippen LogP contribution in [-0.4, -0.2) is 49.5 Å². The van der Waals surface area contributed by atoms with Crippen LogP contribution in [-0.2, 0) is 24.2 Å². The maximum Gasteiger partial charge on any atom is 0.407 e. The van der Waals surface area contributed by atoms with E-state index < -0.39 is 69.4 Å². The van der Waals surface area contributed by atoms with Gasteiger partial charge >= 0.3 is 6.18 Å². The van der Waals surface area contributed by atoms with E-state index in [0.717, 1.165) is 37.1 Å². The second kappa shape index (κ2) is 11.5. The van der Waals surface area contributed by atoms with Crippen LogP contribution in [0.25, 0.3) is 0 Å². The average Bonchev–Trinajstić information content (AvgIpc) is 3.72. The lowest BCUT2D eigenvalue weighted by Crippen LogP contribution is -2.49. The molecule has 2 aliphatic carbocycles. The lowest BCUT2D eigenvalue weighted by Gasteiger charge is -2.28. The molecule has 6 nitrogen and oxygen atoms in total. The molecule has 11 heteroatoms. The van der Waals surface area contributed by atoms with E-state index >= 15 is 0 Å². The summed E-state index contributed by atoms with van der Waals surface area (Å²) in [6.07, 6.45) is -2.18. The normalized spacial score (nSPS) is 18.9. The number of carbonyl (C=O) groups excluding carboxylic acids is 3. The summed E-state index contributed by atoms with van der Waals surface area (Å²) in [5, 5.41) is 2.15. The Bertz CT molecular complexity index is 1060. The molecule has 3 atom stereocenters. The topological polar surface area (TPSA) is 97.4 Å². The van der Waals surface area contributed by atoms with Gasteiger partial charge in [-0.2, -0.15) is 13.2 Å². The van der Waals surface area contributed by atoms with Crippen LogP contribution in [0.4, 0.5) is 17.6 Å². The van der Waals surface area contributed by atoms with Crippen LogP contribution in [0.15, 0.2) is 24.3 Å². The Morgan fingerprint density at radius 1 is 1.03 bits per heavy atom. The average molecular weight is 534 g/mol. The van der Waals surface area contributed by atoms with Crippen molar-refractivity contribution in [3.63, 3.8) is 0 Å². The van der Waals surface area contributed by atoms with Crippen molar-refractivity contribution >= 4 is 27.2 Å². The summed E-state index contributed by atoms with van der Waals surface area (Å²) >= 11 is 0. The summed E-state index contributed by atoms with van der Waals surface area (Å²) in [7, 11) is -3.89. The number of rotatable bonds is 15. The van der Waals surface area contributed by atoms with Crippen molar-refractivity contribution in [1.29, 1.82) is 0 Å². The van der Waals surface area contributed by atoms with Crippen molar-refractivity contribution in [3.05, 3.63) is 35.6 Å². The molecule has 1 aromatic rings. The SMILES string of the molecule is CC[C@H](CC(=O)[C@H](CS(=O)(=O)CC1CC1)N[C@@H](c1ccc(F)cc1)C(F)(F)F)C(=O)C(=O)CC1CC1. The molecule has 2 saturated carbocycles. The van der Waals surface area contributed by atoms with Gasteiger partial charge in [0.1, 0.15) is 11.9 Å². The number of sulfone groups is 1. The summed E-state index contributed by atoms with van der Waals surface area (Å²) < 4.78 is 80.6. The van der Waals surface area contributed by atoms with Gasteiger partial charge in [-0.1, -0.05) is 19.1 Å². The van der Waals surface area contributed by atoms with Gasteiger partial charge in [-0.05, 0) is 61.6 Å². The molecule has 200 valence electrons. The van der Waals surface area contributed by atoms with E-state index in [1.165, 1.54) is 0 Å². The summed E-state index contributed by atoms with van der Waals surface area (Å²) in [4.78, 5) is 38.1. The van der Waals surface area contributed by atoms with Crippen molar-refractivity contribution in [2.75, 3.05) is 11.5 Å². The number of alkyl halides is 3. The molecule has 1 N–H and O–H groups in total. The summed E-state index contributed by atoms with van der Waals surface area (Å²) in [6, 6.07) is -0.687. The molecule has 0 unspecified atom stereocenters. The minimum Gasteiger partial charge on any atom is -0.298 e. The number of carbonyl (C=O) groups is 3. The van der Waals surface area contributed by atoms with Crippen LogP contribution in [0.5, 0.6) is 0 Å². The Balaban J connectivity index is 1.82. The van der Waals surface area contributed by atoms with E-state index in [1.807, 2.05) is 0 Å². The van der Waals surface area contributed by atoms with Gasteiger partial charge in [-0.25, -0.2) is 12.8 Å². The first-order chi connectivity index (χ1) is 16.8. The zero-order valence-electron chi connectivity index (χ0n) is 20.0. The van der Waals surface area contributed by atoms with E-state index in [-0.39, 0.29) is 36.0 Å². The van der Waals surface area contributed by atoms with Gasteiger partial charge in [0.2, 0.25) is 5.78 Å². The quantitative estimate of drug-likeness (QED) is 0.269. The standard InChI is InChI=1S/C25H31F4NO5S/c1-2-17(23(33)22(32)11-15-3-4-15)12-21(31)20(14-36(34,35)13-16-5-6-16)30-24(25(27,28)29)18-7-9-19(26)10-8-18/h7-10,15-17,20,24,30H,2-6,11-14H2,1H3/t17-,20+,24+/m1/s1. The Kier molecular flexibility index (Phi) is 9.08. The van der Waals surface area contributed by atoms with Gasteiger partial charge < -0.3 is 0 Å². The highest BCUT2D eigenvalue weighted by Crippen LogP contribution is 2.35. The van der Waals surface area contributed by atoms with Crippen molar-refractivity contribution in [1.82, 2.24) is 5.32 Å². The largest absolute Gasteiger partial charge is 0.407 e. The molecular weight excluding hydrogens is 502 g/mol. The molecule has 2 fully saturated rings. The monoisotopic (exact) mass is 533 g/mol. The predicted octanol–water partition coefficient (Wildman–Crippen LogP) is 4.14. The lowest BCUT2D eigenvalue weighted by molar-refractivity contribution is -0.160. The van der Waals surface area contributed by atoms with Crippen LogP contribution in [0, 0.1) is 23.6 Å². The number of halogens is 4. The van der Waals surface area contributed by atoms with Gasteiger partial charge in [-0.3, -0.25) is 19.7 Å². The molecule has 0 amide bonds. The van der Waals surface area contributed by atoms with E-state index in [2.05, 4.69) is 5.32 Å². The smallest absolute Gasteiger partial charge is 0.298 e. The molecule has 0 saturated heterocycles. The van der Waals surface area contributed by atoms with Gasteiger partial charge in [-0.15, -0.1) is 0 Å². The summed E-state index contributed by atoms with van der Waals surface area (Å²) in [6.45, 7) is 1.59. The van der Waals surface area contributed by atoms with Gasteiger partial charge in [0.25, 0.3) is 0 Å². The van der Waals surface area contributed by atoms with Gasteiger partial charge in [0.05, 0.1) is 17.5 Å². The molecular formula is C25H31F4NO5S. The predicted molar refractivity (Wildman–Crippen MR) is 124 cm³/mol. The second-order valence-electron chi connectivity index (χ2n) is 9.98. The first-order valence-corrected chi connectivity index (χ1v) is 14.0. The number of nitrogens with one attached hydrogen (secondary N) is 1. The minimum absolute atomic E-state index is 0.0775. The van der Waals surface area contributed by atoms with Crippen molar-refractivity contribution < 1.29 is 40.4 Å². The third-order valence-electron chi connectivity index (χ3n) is 6.65. The van der Waals surface area contributed by atoms with Crippen molar-refractivity contribution in [3.8, 4) is 0 Å². The molecule has 2 aliphatic rings. The van der Waals surface area contributed by atoms with Crippen LogP contribution in [0.2, 0.25) is 0 Å². The Labute approximate surface area is 208 Å². The van der Waals surface area contributed by atoms with Crippen LogP contribution in [0.1, 0.15) is 63.5 Å². The molecule has 0 bridgehead atoms. The highest BCUT2D eigenvalue weighted by molar-refractivity contribution is 7.91. The van der Waals surface area contributed by atoms with E-state index in [4.69, 9.17) is 0 Å². The number of benzene rings is 1. The van der Waals surface area contributed by atoms with Crippen LogP contribution < -0.4 is 5.32 Å². The first-order valence-electron chi connectivity index (χ1n) is 12.2. The third kappa shape index (κ3) is 8.47. The fraction of sp³-hybridized carbons (Fsp3) is 0.640. The summed E-state index contributed by atoms with van der Waals surface area (Å²) in [5.41, 5.74) is -0.385. The van der Waals surface area contributed by atoms with Crippen molar-refractivity contribution in [2.24, 2.45) is 17.8 Å². The molecule has 0 aromatic heterocycles. The molecule has 0 spiro atoms. The molecule has 0 radical (unpaired) electrons. The number of Topliss-reactive ketones (excluding diaryl/α,β-unsaturated/α-hetero) is 3. The van der Waals surface area contributed by atoms with Crippen LogP contribution >= 0.6 is 0 Å². The fourth-order valence-electron chi connectivity index (χ4n) is 4.16. The maximum absolute atomic E-state index is 14.0. The van der Waals surface area contributed by atoms with Gasteiger partial charge in [0, 0.05) is 18.8 Å². The highest BCUT2D eigenvalue weighted by Gasteiger charge is 2.44. The minimum atomic E-state index is -4.92. The lowest BCUT2D eigenvalue weighted by atomic mass is 9.89. The Morgan fingerprint density at radius 2 is 1.61 bits per heavy atom. The third-order valence-corrected chi connectivity index (χ3v) is 8.47. The summed E-state index contributed by atoms with van der Waals surface area (Å²) in [5.74, 6) is -5.05. The maximum atomic E-state index is 14.0. The molecule has 36 heavy (non-hydrogen) atoms. The Morgan fingerprint density at radius 3 is 2.11 bits per heavy atom. The van der Waals surface area contributed by atoms with E-state index in [1.54, 1.807) is 6.92 Å². The van der Waals surface area contributed by atoms with E-state index in [9.17, 15) is 40.4 Å².